The summed E-state index contributed by atoms with van der Waals surface area (Å²) in [7, 11) is -3.84. The lowest BCUT2D eigenvalue weighted by Gasteiger charge is -2.26. The normalized spacial score (nSPS) is 13.9. The summed E-state index contributed by atoms with van der Waals surface area (Å²) < 4.78 is 32.8. The van der Waals surface area contributed by atoms with Crippen LogP contribution in [0.1, 0.15) is 40.2 Å². The van der Waals surface area contributed by atoms with Crippen molar-refractivity contribution >= 4 is 16.0 Å². The molecule has 3 N–H and O–H groups in total. The van der Waals surface area contributed by atoms with Gasteiger partial charge in [0.1, 0.15) is 11.6 Å². The van der Waals surface area contributed by atoms with Gasteiger partial charge in [-0.15, -0.1) is 0 Å². The molecule has 0 saturated heterocycles. The number of carbonyl (C=O) groups excluding carboxylic acids is 1. The number of benzene rings is 1. The van der Waals surface area contributed by atoms with Gasteiger partial charge < -0.3 is 10.5 Å². The summed E-state index contributed by atoms with van der Waals surface area (Å²) in [5.41, 5.74) is 5.55. The molecule has 1 aromatic carbocycles. The van der Waals surface area contributed by atoms with Crippen molar-refractivity contribution in [2.75, 3.05) is 0 Å². The molecule has 0 unspecified atom stereocenters. The SMILES string of the molecule is CC(C)[C@@H](NS(=O)(=O)c1cccc(CN)c1)C(=O)OC(C)(C)C. The van der Waals surface area contributed by atoms with Crippen molar-refractivity contribution in [2.24, 2.45) is 11.7 Å². The van der Waals surface area contributed by atoms with Gasteiger partial charge in [0.25, 0.3) is 0 Å². The Kier molecular flexibility index (Phi) is 6.33. The Morgan fingerprint density at radius 1 is 1.30 bits per heavy atom. The lowest BCUT2D eigenvalue weighted by atomic mass is 10.1. The van der Waals surface area contributed by atoms with E-state index in [0.717, 1.165) is 0 Å². The first-order valence-corrected chi connectivity index (χ1v) is 8.99. The molecule has 0 amide bonds. The number of hydrogen-bond donors (Lipinski definition) is 2. The summed E-state index contributed by atoms with van der Waals surface area (Å²) in [6.07, 6.45) is 0. The van der Waals surface area contributed by atoms with E-state index >= 15 is 0 Å². The van der Waals surface area contributed by atoms with Crippen LogP contribution in [0.15, 0.2) is 29.2 Å². The lowest BCUT2D eigenvalue weighted by molar-refractivity contribution is -0.158. The fourth-order valence-electron chi connectivity index (χ4n) is 1.90. The number of sulfonamides is 1. The van der Waals surface area contributed by atoms with E-state index in [2.05, 4.69) is 4.72 Å². The molecular weight excluding hydrogens is 316 g/mol. The van der Waals surface area contributed by atoms with Gasteiger partial charge in [0, 0.05) is 6.54 Å². The van der Waals surface area contributed by atoms with Crippen LogP contribution >= 0.6 is 0 Å². The topological polar surface area (TPSA) is 98.5 Å². The van der Waals surface area contributed by atoms with Gasteiger partial charge in [0.15, 0.2) is 0 Å². The van der Waals surface area contributed by atoms with Crippen molar-refractivity contribution in [3.8, 4) is 0 Å². The van der Waals surface area contributed by atoms with Gasteiger partial charge in [-0.05, 0) is 44.4 Å². The van der Waals surface area contributed by atoms with E-state index in [0.29, 0.717) is 5.56 Å². The summed E-state index contributed by atoms with van der Waals surface area (Å²) in [4.78, 5) is 12.3. The Morgan fingerprint density at radius 2 is 1.91 bits per heavy atom. The molecule has 0 heterocycles. The maximum absolute atomic E-state index is 12.5. The number of nitrogens with one attached hydrogen (secondary N) is 1. The number of rotatable bonds is 6. The van der Waals surface area contributed by atoms with Gasteiger partial charge in [-0.1, -0.05) is 26.0 Å². The second-order valence-corrected chi connectivity index (χ2v) is 8.44. The van der Waals surface area contributed by atoms with Crippen LogP contribution in [0.2, 0.25) is 0 Å². The zero-order chi connectivity index (χ0) is 17.8. The predicted molar refractivity (Wildman–Crippen MR) is 89.1 cm³/mol. The molecule has 0 aliphatic carbocycles. The molecule has 7 heteroatoms. The third-order valence-electron chi connectivity index (χ3n) is 3.05. The smallest absolute Gasteiger partial charge is 0.324 e. The highest BCUT2D eigenvalue weighted by molar-refractivity contribution is 7.89. The fraction of sp³-hybridized carbons (Fsp3) is 0.562. The molecule has 0 bridgehead atoms. The summed E-state index contributed by atoms with van der Waals surface area (Å²) >= 11 is 0. The third kappa shape index (κ3) is 5.93. The van der Waals surface area contributed by atoms with E-state index in [1.807, 2.05) is 0 Å². The van der Waals surface area contributed by atoms with Gasteiger partial charge in [0.05, 0.1) is 4.90 Å². The summed E-state index contributed by atoms with van der Waals surface area (Å²) in [6, 6.07) is 5.37. The Morgan fingerprint density at radius 3 is 2.39 bits per heavy atom. The molecule has 0 aliphatic heterocycles. The van der Waals surface area contributed by atoms with Crippen molar-refractivity contribution in [1.82, 2.24) is 4.72 Å². The van der Waals surface area contributed by atoms with Crippen LogP contribution in [0, 0.1) is 5.92 Å². The van der Waals surface area contributed by atoms with Crippen molar-refractivity contribution < 1.29 is 17.9 Å². The average Bonchev–Trinajstić information content (AvgIpc) is 2.42. The van der Waals surface area contributed by atoms with Crippen LogP contribution in [0.5, 0.6) is 0 Å². The molecule has 130 valence electrons. The molecule has 0 radical (unpaired) electrons. The molecule has 6 nitrogen and oxygen atoms in total. The van der Waals surface area contributed by atoms with E-state index in [4.69, 9.17) is 10.5 Å². The first-order valence-electron chi connectivity index (χ1n) is 7.50. The van der Waals surface area contributed by atoms with Crippen LogP contribution in [-0.2, 0) is 26.1 Å². The Labute approximate surface area is 138 Å². The Bertz CT molecular complexity index is 648. The zero-order valence-electron chi connectivity index (χ0n) is 14.3. The van der Waals surface area contributed by atoms with Crippen molar-refractivity contribution in [3.63, 3.8) is 0 Å². The van der Waals surface area contributed by atoms with Crippen LogP contribution in [0.3, 0.4) is 0 Å². The summed E-state index contributed by atoms with van der Waals surface area (Å²) in [6.45, 7) is 8.97. The average molecular weight is 342 g/mol. The number of carbonyl (C=O) groups is 1. The number of ether oxygens (including phenoxy) is 1. The van der Waals surface area contributed by atoms with E-state index in [1.165, 1.54) is 12.1 Å². The first kappa shape index (κ1) is 19.6. The van der Waals surface area contributed by atoms with E-state index < -0.39 is 27.6 Å². The fourth-order valence-corrected chi connectivity index (χ4v) is 3.30. The van der Waals surface area contributed by atoms with Gasteiger partial charge >= 0.3 is 5.97 Å². The highest BCUT2D eigenvalue weighted by Crippen LogP contribution is 2.16. The molecular formula is C16H26N2O4S. The molecule has 1 rings (SSSR count). The standard InChI is InChI=1S/C16H26N2O4S/c1-11(2)14(15(19)22-16(3,4)5)18-23(20,21)13-8-6-7-12(9-13)10-17/h6-9,11,14,18H,10,17H2,1-5H3/t14-/m1/s1. The highest BCUT2D eigenvalue weighted by Gasteiger charge is 2.32. The molecule has 0 aliphatic rings. The minimum absolute atomic E-state index is 0.0784. The number of nitrogens with two attached hydrogens (primary N) is 1. The second-order valence-electron chi connectivity index (χ2n) is 6.73. The van der Waals surface area contributed by atoms with Crippen molar-refractivity contribution in [3.05, 3.63) is 29.8 Å². The lowest BCUT2D eigenvalue weighted by Crippen LogP contribution is -2.47. The maximum Gasteiger partial charge on any atom is 0.324 e. The highest BCUT2D eigenvalue weighted by atomic mass is 32.2. The van der Waals surface area contributed by atoms with Crippen molar-refractivity contribution in [1.29, 1.82) is 0 Å². The first-order chi connectivity index (χ1) is 10.5. The van der Waals surface area contributed by atoms with Crippen LogP contribution in [-0.4, -0.2) is 26.0 Å². The third-order valence-corrected chi connectivity index (χ3v) is 4.49. The monoisotopic (exact) mass is 342 g/mol. The van der Waals surface area contributed by atoms with Gasteiger partial charge in [-0.2, -0.15) is 4.72 Å². The predicted octanol–water partition coefficient (Wildman–Crippen LogP) is 1.79. The van der Waals surface area contributed by atoms with Crippen LogP contribution in [0.25, 0.3) is 0 Å². The largest absolute Gasteiger partial charge is 0.459 e. The van der Waals surface area contributed by atoms with Gasteiger partial charge in [-0.3, -0.25) is 4.79 Å². The Hall–Kier alpha value is -1.44. The second kappa shape index (κ2) is 7.42. The number of hydrogen-bond acceptors (Lipinski definition) is 5. The van der Waals surface area contributed by atoms with E-state index in [9.17, 15) is 13.2 Å². The van der Waals surface area contributed by atoms with Crippen LogP contribution in [0.4, 0.5) is 0 Å². The number of esters is 1. The Balaban J connectivity index is 3.05. The quantitative estimate of drug-likeness (QED) is 0.768. The van der Waals surface area contributed by atoms with Crippen LogP contribution < -0.4 is 10.5 Å². The molecule has 1 aromatic rings. The van der Waals surface area contributed by atoms with E-state index in [-0.39, 0.29) is 17.4 Å². The summed E-state index contributed by atoms with van der Waals surface area (Å²) in [5, 5.41) is 0. The molecule has 23 heavy (non-hydrogen) atoms. The maximum atomic E-state index is 12.5. The molecule has 1 atom stereocenters. The molecule has 0 aromatic heterocycles. The minimum Gasteiger partial charge on any atom is -0.459 e. The minimum atomic E-state index is -3.84. The van der Waals surface area contributed by atoms with E-state index in [1.54, 1.807) is 46.8 Å². The summed E-state index contributed by atoms with van der Waals surface area (Å²) in [5.74, 6) is -0.844. The van der Waals surface area contributed by atoms with Crippen molar-refractivity contribution in [2.45, 2.75) is 57.7 Å². The molecule has 0 fully saturated rings. The zero-order valence-corrected chi connectivity index (χ0v) is 15.1. The van der Waals surface area contributed by atoms with Gasteiger partial charge in [-0.25, -0.2) is 8.42 Å². The van der Waals surface area contributed by atoms with Gasteiger partial charge in [0.2, 0.25) is 10.0 Å². The molecule has 0 saturated carbocycles. The molecule has 0 spiro atoms.